The second-order valence-corrected chi connectivity index (χ2v) is 9.48. The predicted octanol–water partition coefficient (Wildman–Crippen LogP) is 6.18. The third-order valence-electron chi connectivity index (χ3n) is 6.49. The molecule has 1 amide bonds. The van der Waals surface area contributed by atoms with Crippen LogP contribution in [-0.4, -0.2) is 35.0 Å². The van der Waals surface area contributed by atoms with Gasteiger partial charge in [0.25, 0.3) is 0 Å². The minimum atomic E-state index is -0.801. The van der Waals surface area contributed by atoms with Crippen molar-refractivity contribution in [2.24, 2.45) is 0 Å². The Kier molecular flexibility index (Phi) is 6.34. The van der Waals surface area contributed by atoms with Gasteiger partial charge in [0.1, 0.15) is 0 Å². The van der Waals surface area contributed by atoms with E-state index in [4.69, 9.17) is 34.8 Å². The van der Waals surface area contributed by atoms with E-state index in [-0.39, 0.29) is 23.7 Å². The summed E-state index contributed by atoms with van der Waals surface area (Å²) < 4.78 is 0. The van der Waals surface area contributed by atoms with Crippen LogP contribution in [0.5, 0.6) is 0 Å². The number of benzene rings is 2. The van der Waals surface area contributed by atoms with Gasteiger partial charge in [0.15, 0.2) is 0 Å². The van der Waals surface area contributed by atoms with E-state index in [9.17, 15) is 14.7 Å². The highest BCUT2D eigenvalue weighted by molar-refractivity contribution is 6.42. The number of carbonyl (C=O) groups excluding carboxylic acids is 1. The molecule has 7 heteroatoms. The van der Waals surface area contributed by atoms with Crippen molar-refractivity contribution in [1.29, 1.82) is 0 Å². The lowest BCUT2D eigenvalue weighted by Crippen LogP contribution is -2.44. The van der Waals surface area contributed by atoms with Crippen molar-refractivity contribution in [3.8, 4) is 0 Å². The van der Waals surface area contributed by atoms with Crippen LogP contribution in [0.1, 0.15) is 48.3 Å². The summed E-state index contributed by atoms with van der Waals surface area (Å²) in [5, 5.41) is 10.9. The molecule has 4 nitrogen and oxygen atoms in total. The van der Waals surface area contributed by atoms with Gasteiger partial charge < -0.3 is 10.0 Å². The van der Waals surface area contributed by atoms with Crippen molar-refractivity contribution in [1.82, 2.24) is 4.90 Å². The van der Waals surface area contributed by atoms with Crippen molar-refractivity contribution < 1.29 is 14.7 Å². The molecule has 0 radical (unpaired) electrons. The van der Waals surface area contributed by atoms with E-state index >= 15 is 0 Å². The molecule has 1 unspecified atom stereocenters. The average Bonchev–Trinajstić information content (AvgIpc) is 3.03. The fourth-order valence-corrected chi connectivity index (χ4v) is 5.80. The Labute approximate surface area is 196 Å². The lowest BCUT2D eigenvalue weighted by molar-refractivity contribution is -0.137. The van der Waals surface area contributed by atoms with Gasteiger partial charge in [-0.15, -0.1) is 0 Å². The van der Waals surface area contributed by atoms with Crippen molar-refractivity contribution in [3.05, 3.63) is 74.2 Å². The summed E-state index contributed by atoms with van der Waals surface area (Å²) in [7, 11) is 0. The lowest BCUT2D eigenvalue weighted by Gasteiger charge is -2.40. The summed E-state index contributed by atoms with van der Waals surface area (Å²) in [6.07, 6.45) is 5.59. The number of halogens is 3. The summed E-state index contributed by atoms with van der Waals surface area (Å²) in [4.78, 5) is 26.0. The smallest absolute Gasteiger partial charge is 0.303 e. The zero-order valence-electron chi connectivity index (χ0n) is 16.8. The number of hydrogen-bond donors (Lipinski definition) is 1. The van der Waals surface area contributed by atoms with Crippen LogP contribution < -0.4 is 0 Å². The summed E-state index contributed by atoms with van der Waals surface area (Å²) in [5.41, 5.74) is 2.65. The van der Waals surface area contributed by atoms with Crippen LogP contribution in [-0.2, 0) is 15.0 Å². The fourth-order valence-electron chi connectivity index (χ4n) is 5.04. The first kappa shape index (κ1) is 22.2. The Hall–Kier alpha value is -2.01. The van der Waals surface area contributed by atoms with E-state index in [1.165, 1.54) is 6.08 Å². The van der Waals surface area contributed by atoms with Gasteiger partial charge in [0, 0.05) is 29.6 Å². The molecule has 0 saturated carbocycles. The number of piperidine rings is 1. The molecular weight excluding hydrogens is 457 g/mol. The molecule has 4 rings (SSSR count). The Morgan fingerprint density at radius 3 is 2.45 bits per heavy atom. The fraction of sp³-hybridized carbons (Fsp3) is 0.333. The number of carboxylic acids is 1. The molecule has 1 aliphatic carbocycles. The second-order valence-electron chi connectivity index (χ2n) is 8.28. The van der Waals surface area contributed by atoms with Gasteiger partial charge >= 0.3 is 5.97 Å². The Balaban J connectivity index is 1.49. The zero-order valence-corrected chi connectivity index (χ0v) is 19.1. The highest BCUT2D eigenvalue weighted by Gasteiger charge is 2.47. The first-order valence-corrected chi connectivity index (χ1v) is 11.4. The number of carbonyl (C=O) groups is 2. The molecule has 1 fully saturated rings. The highest BCUT2D eigenvalue weighted by atomic mass is 35.5. The molecule has 1 saturated heterocycles. The average molecular weight is 479 g/mol. The first-order valence-electron chi connectivity index (χ1n) is 10.2. The van der Waals surface area contributed by atoms with Crippen molar-refractivity contribution >= 4 is 52.8 Å². The SMILES string of the molecule is O=C(O)CC1CC2(CCN(C(=O)/C=C/c3cccc(Cl)c3Cl)CC2)c2c(Cl)cccc21. The molecule has 2 aromatic carbocycles. The van der Waals surface area contributed by atoms with Gasteiger partial charge in [-0.1, -0.05) is 59.1 Å². The zero-order chi connectivity index (χ0) is 22.2. The molecule has 2 aliphatic rings. The van der Waals surface area contributed by atoms with Crippen LogP contribution in [0, 0.1) is 0 Å². The van der Waals surface area contributed by atoms with E-state index in [0.29, 0.717) is 33.7 Å². The molecule has 1 heterocycles. The standard InChI is InChI=1S/C24H22Cl3NO3/c25-18-5-2-4-17-16(13-21(30)31)14-24(22(17)18)9-11-28(12-10-24)20(29)8-7-15-3-1-6-19(26)23(15)27/h1-8,16H,9-14H2,(H,30,31)/b8-7+. The Morgan fingerprint density at radius 1 is 1.06 bits per heavy atom. The molecule has 0 bridgehead atoms. The van der Waals surface area contributed by atoms with E-state index in [0.717, 1.165) is 30.4 Å². The van der Waals surface area contributed by atoms with Crippen LogP contribution in [0.2, 0.25) is 15.1 Å². The molecule has 1 aliphatic heterocycles. The number of rotatable bonds is 4. The number of nitrogens with zero attached hydrogens (tertiary/aromatic N) is 1. The molecule has 31 heavy (non-hydrogen) atoms. The number of fused-ring (bicyclic) bond motifs is 2. The van der Waals surface area contributed by atoms with Gasteiger partial charge in [-0.05, 0) is 60.1 Å². The van der Waals surface area contributed by atoms with Crippen LogP contribution in [0.3, 0.4) is 0 Å². The largest absolute Gasteiger partial charge is 0.481 e. The quantitative estimate of drug-likeness (QED) is 0.534. The molecular formula is C24H22Cl3NO3. The summed E-state index contributed by atoms with van der Waals surface area (Å²) in [5.74, 6) is -0.922. The van der Waals surface area contributed by atoms with E-state index in [2.05, 4.69) is 0 Å². The Morgan fingerprint density at radius 2 is 1.74 bits per heavy atom. The van der Waals surface area contributed by atoms with Crippen molar-refractivity contribution in [2.75, 3.05) is 13.1 Å². The van der Waals surface area contributed by atoms with Crippen LogP contribution in [0.25, 0.3) is 6.08 Å². The maximum absolute atomic E-state index is 12.8. The van der Waals surface area contributed by atoms with Gasteiger partial charge in [-0.2, -0.15) is 0 Å². The Bertz CT molecular complexity index is 1060. The van der Waals surface area contributed by atoms with Gasteiger partial charge in [0.2, 0.25) is 5.91 Å². The summed E-state index contributed by atoms with van der Waals surface area (Å²) in [6, 6.07) is 11.1. The van der Waals surface area contributed by atoms with Crippen LogP contribution >= 0.6 is 34.8 Å². The maximum Gasteiger partial charge on any atom is 0.303 e. The number of likely N-dealkylation sites (tertiary alicyclic amines) is 1. The van der Waals surface area contributed by atoms with Crippen LogP contribution in [0.15, 0.2) is 42.5 Å². The van der Waals surface area contributed by atoms with Crippen molar-refractivity contribution in [3.63, 3.8) is 0 Å². The monoisotopic (exact) mass is 477 g/mol. The molecule has 0 aromatic heterocycles. The van der Waals surface area contributed by atoms with E-state index < -0.39 is 5.97 Å². The lowest BCUT2D eigenvalue weighted by atomic mass is 9.73. The number of carboxylic acid groups (broad SMARTS) is 1. The topological polar surface area (TPSA) is 57.6 Å². The summed E-state index contributed by atoms with van der Waals surface area (Å²) in [6.45, 7) is 1.19. The van der Waals surface area contributed by atoms with E-state index in [1.54, 1.807) is 18.2 Å². The molecule has 2 aromatic rings. The van der Waals surface area contributed by atoms with Gasteiger partial charge in [-0.3, -0.25) is 9.59 Å². The van der Waals surface area contributed by atoms with Gasteiger partial charge in [-0.25, -0.2) is 0 Å². The first-order chi connectivity index (χ1) is 14.8. The molecule has 1 atom stereocenters. The third kappa shape index (κ3) is 4.34. The highest BCUT2D eigenvalue weighted by Crippen LogP contribution is 2.54. The van der Waals surface area contributed by atoms with Gasteiger partial charge in [0.05, 0.1) is 16.5 Å². The minimum absolute atomic E-state index is 0.0432. The predicted molar refractivity (Wildman–Crippen MR) is 124 cm³/mol. The normalized spacial score (nSPS) is 19.7. The number of aliphatic carboxylic acids is 1. The third-order valence-corrected chi connectivity index (χ3v) is 7.64. The number of hydrogen-bond acceptors (Lipinski definition) is 2. The number of amides is 1. The molecule has 1 spiro atoms. The minimum Gasteiger partial charge on any atom is -0.481 e. The van der Waals surface area contributed by atoms with Crippen LogP contribution in [0.4, 0.5) is 0 Å². The summed E-state index contributed by atoms with van der Waals surface area (Å²) >= 11 is 18.8. The van der Waals surface area contributed by atoms with E-state index in [1.807, 2.05) is 29.2 Å². The maximum atomic E-state index is 12.8. The molecule has 1 N–H and O–H groups in total. The van der Waals surface area contributed by atoms with Crippen molar-refractivity contribution in [2.45, 2.75) is 37.0 Å². The second kappa shape index (κ2) is 8.85. The molecule has 162 valence electrons.